The molecule has 1 fully saturated rings. The number of hydrogen-bond donors (Lipinski definition) is 2. The molecule has 2 rings (SSSR count). The van der Waals surface area contributed by atoms with Crippen LogP contribution in [0.1, 0.15) is 25.3 Å². The minimum absolute atomic E-state index is 0. The average Bonchev–Trinajstić information content (AvgIpc) is 2.35. The molecule has 1 heterocycles. The fourth-order valence-corrected chi connectivity index (χ4v) is 2.34. The number of halogens is 3. The first-order chi connectivity index (χ1) is 9.00. The van der Waals surface area contributed by atoms with E-state index in [4.69, 9.17) is 0 Å². The zero-order valence-corrected chi connectivity index (χ0v) is 12.2. The van der Waals surface area contributed by atoms with Crippen LogP contribution in [0.2, 0.25) is 0 Å². The number of carbonyl (C=O) groups excluding carboxylic acids is 1. The molecule has 1 aliphatic heterocycles. The van der Waals surface area contributed by atoms with Gasteiger partial charge in [-0.15, -0.1) is 12.4 Å². The monoisotopic (exact) mass is 304 g/mol. The van der Waals surface area contributed by atoms with Crippen molar-refractivity contribution in [2.45, 2.75) is 31.7 Å². The SMILES string of the molecule is CC1(NC(=O)Cc2cccc(F)c2F)CCNCC1.Cl. The fraction of sp³-hybridized carbons (Fsp3) is 0.500. The Morgan fingerprint density at radius 2 is 2.00 bits per heavy atom. The first kappa shape index (κ1) is 16.9. The molecule has 0 unspecified atom stereocenters. The summed E-state index contributed by atoms with van der Waals surface area (Å²) < 4.78 is 26.5. The standard InChI is InChI=1S/C14H18F2N2O.ClH/c1-14(5-7-17-8-6-14)18-12(19)9-10-3-2-4-11(15)13(10)16;/h2-4,17H,5-9H2,1H3,(H,18,19);1H. The van der Waals surface area contributed by atoms with Gasteiger partial charge in [-0.1, -0.05) is 12.1 Å². The van der Waals surface area contributed by atoms with Gasteiger partial charge in [0.15, 0.2) is 11.6 Å². The minimum Gasteiger partial charge on any atom is -0.351 e. The Kier molecular flexibility index (Phi) is 5.89. The summed E-state index contributed by atoms with van der Waals surface area (Å²) in [5.74, 6) is -2.12. The molecule has 20 heavy (non-hydrogen) atoms. The molecule has 0 spiro atoms. The van der Waals surface area contributed by atoms with Crippen LogP contribution >= 0.6 is 12.4 Å². The lowest BCUT2D eigenvalue weighted by atomic mass is 9.90. The van der Waals surface area contributed by atoms with Crippen LogP contribution in [0.25, 0.3) is 0 Å². The summed E-state index contributed by atoms with van der Waals surface area (Å²) in [6, 6.07) is 3.89. The van der Waals surface area contributed by atoms with E-state index in [0.29, 0.717) is 0 Å². The predicted molar refractivity (Wildman–Crippen MR) is 76.0 cm³/mol. The van der Waals surface area contributed by atoms with Crippen LogP contribution in [0.4, 0.5) is 8.78 Å². The quantitative estimate of drug-likeness (QED) is 0.899. The molecular formula is C14H19ClF2N2O. The van der Waals surface area contributed by atoms with Gasteiger partial charge in [0.2, 0.25) is 5.91 Å². The maximum atomic E-state index is 13.5. The van der Waals surface area contributed by atoms with Gasteiger partial charge < -0.3 is 10.6 Å². The van der Waals surface area contributed by atoms with Crippen LogP contribution in [0.3, 0.4) is 0 Å². The third kappa shape index (κ3) is 4.15. The highest BCUT2D eigenvalue weighted by molar-refractivity contribution is 5.85. The largest absolute Gasteiger partial charge is 0.351 e. The molecular weight excluding hydrogens is 286 g/mol. The fourth-order valence-electron chi connectivity index (χ4n) is 2.34. The number of rotatable bonds is 3. The topological polar surface area (TPSA) is 41.1 Å². The molecule has 1 aromatic carbocycles. The lowest BCUT2D eigenvalue weighted by molar-refractivity contribution is -0.122. The van der Waals surface area contributed by atoms with Crippen molar-refractivity contribution in [1.29, 1.82) is 0 Å². The summed E-state index contributed by atoms with van der Waals surface area (Å²) in [7, 11) is 0. The lowest BCUT2D eigenvalue weighted by Crippen LogP contribution is -2.52. The van der Waals surface area contributed by atoms with E-state index >= 15 is 0 Å². The third-order valence-electron chi connectivity index (χ3n) is 3.53. The van der Waals surface area contributed by atoms with E-state index < -0.39 is 11.6 Å². The molecule has 0 saturated carbocycles. The van der Waals surface area contributed by atoms with Crippen molar-refractivity contribution in [3.63, 3.8) is 0 Å². The molecule has 1 amide bonds. The number of nitrogens with one attached hydrogen (secondary N) is 2. The molecule has 1 aliphatic rings. The van der Waals surface area contributed by atoms with Gasteiger partial charge in [-0.2, -0.15) is 0 Å². The molecule has 0 bridgehead atoms. The molecule has 0 aromatic heterocycles. The molecule has 0 radical (unpaired) electrons. The molecule has 0 aliphatic carbocycles. The minimum atomic E-state index is -0.937. The summed E-state index contributed by atoms with van der Waals surface area (Å²) in [5.41, 5.74) is -0.165. The molecule has 3 nitrogen and oxygen atoms in total. The Balaban J connectivity index is 0.00000200. The van der Waals surface area contributed by atoms with Gasteiger partial charge in [-0.25, -0.2) is 8.78 Å². The van der Waals surface area contributed by atoms with E-state index in [-0.39, 0.29) is 35.8 Å². The van der Waals surface area contributed by atoms with E-state index in [0.717, 1.165) is 32.0 Å². The summed E-state index contributed by atoms with van der Waals surface area (Å²) in [5, 5.41) is 6.14. The van der Waals surface area contributed by atoms with Crippen LogP contribution in [0, 0.1) is 11.6 Å². The molecule has 6 heteroatoms. The third-order valence-corrected chi connectivity index (χ3v) is 3.53. The molecule has 1 aromatic rings. The normalized spacial score (nSPS) is 17.1. The van der Waals surface area contributed by atoms with Gasteiger partial charge in [0.05, 0.1) is 6.42 Å². The van der Waals surface area contributed by atoms with Crippen LogP contribution in [-0.4, -0.2) is 24.5 Å². The van der Waals surface area contributed by atoms with Crippen molar-refractivity contribution >= 4 is 18.3 Å². The van der Waals surface area contributed by atoms with Crippen molar-refractivity contribution in [3.8, 4) is 0 Å². The zero-order valence-electron chi connectivity index (χ0n) is 11.3. The van der Waals surface area contributed by atoms with Gasteiger partial charge in [0, 0.05) is 11.1 Å². The van der Waals surface area contributed by atoms with Crippen LogP contribution in [-0.2, 0) is 11.2 Å². The van der Waals surface area contributed by atoms with Crippen molar-refractivity contribution in [3.05, 3.63) is 35.4 Å². The lowest BCUT2D eigenvalue weighted by Gasteiger charge is -2.35. The summed E-state index contributed by atoms with van der Waals surface area (Å²) in [4.78, 5) is 11.9. The van der Waals surface area contributed by atoms with Gasteiger partial charge in [0.25, 0.3) is 0 Å². The first-order valence-corrected chi connectivity index (χ1v) is 6.45. The van der Waals surface area contributed by atoms with Crippen molar-refractivity contribution < 1.29 is 13.6 Å². The predicted octanol–water partition coefficient (Wildman–Crippen LogP) is 2.19. The molecule has 112 valence electrons. The van der Waals surface area contributed by atoms with Gasteiger partial charge in [0.1, 0.15) is 0 Å². The molecule has 2 N–H and O–H groups in total. The number of carbonyl (C=O) groups is 1. The maximum absolute atomic E-state index is 13.5. The summed E-state index contributed by atoms with van der Waals surface area (Å²) in [6.07, 6.45) is 1.54. The second-order valence-corrected chi connectivity index (χ2v) is 5.25. The first-order valence-electron chi connectivity index (χ1n) is 6.45. The smallest absolute Gasteiger partial charge is 0.224 e. The van der Waals surface area contributed by atoms with Crippen LogP contribution in [0.15, 0.2) is 18.2 Å². The molecule has 1 saturated heterocycles. The van der Waals surface area contributed by atoms with Crippen LogP contribution in [0.5, 0.6) is 0 Å². The van der Waals surface area contributed by atoms with E-state index in [2.05, 4.69) is 10.6 Å². The Morgan fingerprint density at radius 3 is 2.65 bits per heavy atom. The highest BCUT2D eigenvalue weighted by Crippen LogP contribution is 2.18. The van der Waals surface area contributed by atoms with Gasteiger partial charge in [-0.3, -0.25) is 4.79 Å². The Hall–Kier alpha value is -1.20. The van der Waals surface area contributed by atoms with Crippen molar-refractivity contribution in [2.75, 3.05) is 13.1 Å². The number of benzene rings is 1. The Labute approximate surface area is 123 Å². The maximum Gasteiger partial charge on any atom is 0.224 e. The number of piperidine rings is 1. The summed E-state index contributed by atoms with van der Waals surface area (Å²) >= 11 is 0. The van der Waals surface area contributed by atoms with Gasteiger partial charge >= 0.3 is 0 Å². The van der Waals surface area contributed by atoms with E-state index in [1.807, 2.05) is 6.92 Å². The highest BCUT2D eigenvalue weighted by Gasteiger charge is 2.28. The van der Waals surface area contributed by atoms with Crippen molar-refractivity contribution in [1.82, 2.24) is 10.6 Å². The number of hydrogen-bond acceptors (Lipinski definition) is 2. The van der Waals surface area contributed by atoms with E-state index in [9.17, 15) is 13.6 Å². The number of amides is 1. The van der Waals surface area contributed by atoms with E-state index in [1.54, 1.807) is 0 Å². The van der Waals surface area contributed by atoms with Gasteiger partial charge in [-0.05, 0) is 38.9 Å². The Bertz CT molecular complexity index is 476. The second kappa shape index (κ2) is 6.99. The van der Waals surface area contributed by atoms with Crippen molar-refractivity contribution in [2.24, 2.45) is 0 Å². The summed E-state index contributed by atoms with van der Waals surface area (Å²) in [6.45, 7) is 3.68. The van der Waals surface area contributed by atoms with Crippen LogP contribution < -0.4 is 10.6 Å². The average molecular weight is 305 g/mol. The Morgan fingerprint density at radius 1 is 1.35 bits per heavy atom. The second-order valence-electron chi connectivity index (χ2n) is 5.25. The zero-order chi connectivity index (χ0) is 13.9. The molecule has 0 atom stereocenters. The highest BCUT2D eigenvalue weighted by atomic mass is 35.5. The van der Waals surface area contributed by atoms with E-state index in [1.165, 1.54) is 12.1 Å².